The van der Waals surface area contributed by atoms with Gasteiger partial charge in [0.1, 0.15) is 11.6 Å². The molecule has 0 unspecified atom stereocenters. The maximum Gasteiger partial charge on any atom is 0.266 e. The van der Waals surface area contributed by atoms with E-state index >= 15 is 0 Å². The second-order valence-electron chi connectivity index (χ2n) is 5.81. The molecule has 0 bridgehead atoms. The number of carbonyl (C=O) groups excluding carboxylic acids is 1. The highest BCUT2D eigenvalue weighted by Gasteiger charge is 2.14. The number of hydrogen-bond acceptors (Lipinski definition) is 4. The van der Waals surface area contributed by atoms with Crippen LogP contribution in [0.2, 0.25) is 0 Å². The molecule has 0 aliphatic carbocycles. The summed E-state index contributed by atoms with van der Waals surface area (Å²) in [7, 11) is 1.55. The van der Waals surface area contributed by atoms with Gasteiger partial charge in [-0.15, -0.1) is 0 Å². The molecule has 0 saturated heterocycles. The van der Waals surface area contributed by atoms with E-state index in [4.69, 9.17) is 9.47 Å². The van der Waals surface area contributed by atoms with Gasteiger partial charge in [-0.25, -0.2) is 0 Å². The molecule has 2 aromatic rings. The van der Waals surface area contributed by atoms with Crippen LogP contribution in [0.25, 0.3) is 6.08 Å². The van der Waals surface area contributed by atoms with Gasteiger partial charge < -0.3 is 14.8 Å². The number of hydrogen-bond donors (Lipinski definition) is 1. The number of aryl methyl sites for hydroxylation is 1. The zero-order valence-corrected chi connectivity index (χ0v) is 17.1. The lowest BCUT2D eigenvalue weighted by atomic mass is 10.1. The average molecular weight is 429 g/mol. The highest BCUT2D eigenvalue weighted by Crippen LogP contribution is 2.34. The van der Waals surface area contributed by atoms with Crippen molar-refractivity contribution in [2.45, 2.75) is 20.3 Å². The predicted molar refractivity (Wildman–Crippen MR) is 110 cm³/mol. The van der Waals surface area contributed by atoms with Crippen molar-refractivity contribution in [3.05, 3.63) is 57.6 Å². The van der Waals surface area contributed by atoms with Gasteiger partial charge in [0.05, 0.1) is 13.7 Å². The number of nitrogens with one attached hydrogen (secondary N) is 1. The number of amides is 1. The number of anilines is 1. The van der Waals surface area contributed by atoms with E-state index < -0.39 is 5.91 Å². The van der Waals surface area contributed by atoms with E-state index in [0.29, 0.717) is 33.8 Å². The van der Waals surface area contributed by atoms with Gasteiger partial charge >= 0.3 is 0 Å². The number of carbonyl (C=O) groups is 1. The van der Waals surface area contributed by atoms with Crippen LogP contribution in [0.3, 0.4) is 0 Å². The molecule has 0 aliphatic heterocycles. The number of rotatable bonds is 7. The normalized spacial score (nSPS) is 10.9. The standard InChI is InChI=1S/C21H21BrN2O3/c1-4-9-27-20-12-17(22)15(11-19(20)26-3)10-16(13-23)21(25)24-18-8-6-5-7-14(18)2/h5-8,10-12H,4,9H2,1-3H3,(H,24,25)/b16-10+. The van der Waals surface area contributed by atoms with Gasteiger partial charge in [-0.2, -0.15) is 5.26 Å². The van der Waals surface area contributed by atoms with Crippen molar-refractivity contribution in [1.29, 1.82) is 5.26 Å². The summed E-state index contributed by atoms with van der Waals surface area (Å²) in [6, 6.07) is 12.9. The maximum absolute atomic E-state index is 12.5. The lowest BCUT2D eigenvalue weighted by Gasteiger charge is -2.12. The Hall–Kier alpha value is -2.78. The Morgan fingerprint density at radius 3 is 2.67 bits per heavy atom. The van der Waals surface area contributed by atoms with Crippen LogP contribution in [-0.2, 0) is 4.79 Å². The Morgan fingerprint density at radius 2 is 2.04 bits per heavy atom. The number of nitrogens with zero attached hydrogens (tertiary/aromatic N) is 1. The summed E-state index contributed by atoms with van der Waals surface area (Å²) in [5, 5.41) is 12.2. The second kappa shape index (κ2) is 9.79. The van der Waals surface area contributed by atoms with Crippen molar-refractivity contribution in [2.75, 3.05) is 19.0 Å². The first kappa shape index (κ1) is 20.5. The summed E-state index contributed by atoms with van der Waals surface area (Å²) in [4.78, 5) is 12.5. The van der Waals surface area contributed by atoms with Crippen molar-refractivity contribution >= 4 is 33.6 Å². The van der Waals surface area contributed by atoms with Crippen LogP contribution in [-0.4, -0.2) is 19.6 Å². The smallest absolute Gasteiger partial charge is 0.266 e. The predicted octanol–water partition coefficient (Wildman–Crippen LogP) is 5.10. The van der Waals surface area contributed by atoms with Crippen molar-refractivity contribution in [2.24, 2.45) is 0 Å². The van der Waals surface area contributed by atoms with Crippen LogP contribution in [0.15, 0.2) is 46.4 Å². The Bertz CT molecular complexity index is 901. The van der Waals surface area contributed by atoms with Gasteiger partial charge in [-0.05, 0) is 48.7 Å². The van der Waals surface area contributed by atoms with Crippen LogP contribution in [0.4, 0.5) is 5.69 Å². The van der Waals surface area contributed by atoms with Gasteiger partial charge in [0.25, 0.3) is 5.91 Å². The monoisotopic (exact) mass is 428 g/mol. The number of halogens is 1. The summed E-state index contributed by atoms with van der Waals surface area (Å²) in [5.74, 6) is 0.671. The van der Waals surface area contributed by atoms with E-state index in [1.54, 1.807) is 25.3 Å². The maximum atomic E-state index is 12.5. The minimum Gasteiger partial charge on any atom is -0.493 e. The molecule has 1 N–H and O–H groups in total. The van der Waals surface area contributed by atoms with Crippen LogP contribution in [0, 0.1) is 18.3 Å². The van der Waals surface area contributed by atoms with Gasteiger partial charge in [0.15, 0.2) is 11.5 Å². The number of methoxy groups -OCH3 is 1. The largest absolute Gasteiger partial charge is 0.493 e. The zero-order chi connectivity index (χ0) is 19.8. The SMILES string of the molecule is CCCOc1cc(Br)c(/C=C(\C#N)C(=O)Nc2ccccc2C)cc1OC. The molecule has 0 spiro atoms. The molecule has 0 saturated carbocycles. The minimum atomic E-state index is -0.469. The summed E-state index contributed by atoms with van der Waals surface area (Å²) in [5.41, 5.74) is 2.22. The number of para-hydroxylation sites is 1. The van der Waals surface area contributed by atoms with Crippen LogP contribution < -0.4 is 14.8 Å². The summed E-state index contributed by atoms with van der Waals surface area (Å²) < 4.78 is 11.7. The van der Waals surface area contributed by atoms with Crippen molar-refractivity contribution in [3.8, 4) is 17.6 Å². The lowest BCUT2D eigenvalue weighted by molar-refractivity contribution is -0.112. The molecule has 5 nitrogen and oxygen atoms in total. The van der Waals surface area contributed by atoms with Crippen LogP contribution in [0.1, 0.15) is 24.5 Å². The van der Waals surface area contributed by atoms with E-state index in [1.807, 2.05) is 38.1 Å². The number of benzene rings is 2. The zero-order valence-electron chi connectivity index (χ0n) is 15.5. The first-order valence-corrected chi connectivity index (χ1v) is 9.28. The Balaban J connectivity index is 2.32. The highest BCUT2D eigenvalue weighted by molar-refractivity contribution is 9.10. The fraction of sp³-hybridized carbons (Fsp3) is 0.238. The third-order valence-electron chi connectivity index (χ3n) is 3.80. The van der Waals surface area contributed by atoms with E-state index in [0.717, 1.165) is 12.0 Å². The number of nitriles is 1. The molecule has 2 aromatic carbocycles. The first-order valence-electron chi connectivity index (χ1n) is 8.49. The molecular weight excluding hydrogens is 408 g/mol. The molecule has 0 atom stereocenters. The van der Waals surface area contributed by atoms with Gasteiger partial charge in [0.2, 0.25) is 0 Å². The third-order valence-corrected chi connectivity index (χ3v) is 4.49. The number of ether oxygens (including phenoxy) is 2. The van der Waals surface area contributed by atoms with E-state index in [2.05, 4.69) is 21.2 Å². The minimum absolute atomic E-state index is 0.0109. The molecule has 1 amide bonds. The van der Waals surface area contributed by atoms with E-state index in [9.17, 15) is 10.1 Å². The Labute approximate surface area is 167 Å². The van der Waals surface area contributed by atoms with Crippen molar-refractivity contribution < 1.29 is 14.3 Å². The molecule has 27 heavy (non-hydrogen) atoms. The molecule has 0 radical (unpaired) electrons. The molecule has 0 aromatic heterocycles. The van der Waals surface area contributed by atoms with Crippen LogP contribution in [0.5, 0.6) is 11.5 Å². The topological polar surface area (TPSA) is 71.3 Å². The fourth-order valence-electron chi connectivity index (χ4n) is 2.35. The fourth-order valence-corrected chi connectivity index (χ4v) is 2.79. The van der Waals surface area contributed by atoms with Crippen molar-refractivity contribution in [3.63, 3.8) is 0 Å². The summed E-state index contributed by atoms with van der Waals surface area (Å²) >= 11 is 3.47. The van der Waals surface area contributed by atoms with E-state index in [1.165, 1.54) is 6.08 Å². The Kier molecular flexibility index (Phi) is 7.44. The Morgan fingerprint density at radius 1 is 1.30 bits per heavy atom. The quantitative estimate of drug-likeness (QED) is 0.491. The second-order valence-corrected chi connectivity index (χ2v) is 6.67. The molecular formula is C21H21BrN2O3. The molecule has 140 valence electrons. The van der Waals surface area contributed by atoms with Gasteiger partial charge in [-0.1, -0.05) is 41.1 Å². The first-order chi connectivity index (χ1) is 13.0. The van der Waals surface area contributed by atoms with Crippen molar-refractivity contribution in [1.82, 2.24) is 0 Å². The van der Waals surface area contributed by atoms with Crippen LogP contribution >= 0.6 is 15.9 Å². The molecule has 0 heterocycles. The highest BCUT2D eigenvalue weighted by atomic mass is 79.9. The molecule has 6 heteroatoms. The van der Waals surface area contributed by atoms with Gasteiger partial charge in [0, 0.05) is 10.2 Å². The van der Waals surface area contributed by atoms with Gasteiger partial charge in [-0.3, -0.25) is 4.79 Å². The lowest BCUT2D eigenvalue weighted by Crippen LogP contribution is -2.14. The van der Waals surface area contributed by atoms with E-state index in [-0.39, 0.29) is 5.57 Å². The average Bonchev–Trinajstić information content (AvgIpc) is 2.67. The molecule has 2 rings (SSSR count). The molecule has 0 aliphatic rings. The third kappa shape index (κ3) is 5.35. The molecule has 0 fully saturated rings. The summed E-state index contributed by atoms with van der Waals surface area (Å²) in [6.07, 6.45) is 2.39. The summed E-state index contributed by atoms with van der Waals surface area (Å²) in [6.45, 7) is 4.48.